The first-order chi connectivity index (χ1) is 18.1. The Labute approximate surface area is 235 Å². The summed E-state index contributed by atoms with van der Waals surface area (Å²) in [5.74, 6) is 0. The number of hydrogen-bond donors (Lipinski definition) is 0. The molecule has 4 heteroatoms. The van der Waals surface area contributed by atoms with Crippen LogP contribution in [0.25, 0.3) is 0 Å². The van der Waals surface area contributed by atoms with Crippen LogP contribution in [0.2, 0.25) is 0 Å². The third-order valence-electron chi connectivity index (χ3n) is 7.59. The molecule has 0 amide bonds. The molecule has 0 fully saturated rings. The fraction of sp³-hybridized carbons (Fsp3) is 1.00. The van der Waals surface area contributed by atoms with Gasteiger partial charge in [0.2, 0.25) is 0 Å². The van der Waals surface area contributed by atoms with E-state index in [-0.39, 0.29) is 0 Å². The van der Waals surface area contributed by atoms with Gasteiger partial charge in [-0.25, -0.2) is 0 Å². The Morgan fingerprint density at radius 1 is 0.216 bits per heavy atom. The molecule has 0 aromatic carbocycles. The number of rotatable bonds is 30. The van der Waals surface area contributed by atoms with E-state index < -0.39 is 0 Å². The molecule has 0 unspecified atom stereocenters. The lowest BCUT2D eigenvalue weighted by molar-refractivity contribution is 0.233. The van der Waals surface area contributed by atoms with Crippen molar-refractivity contribution < 1.29 is 0 Å². The predicted octanol–water partition coefficient (Wildman–Crippen LogP) is 8.17. The maximum absolute atomic E-state index is 2.82. The lowest BCUT2D eigenvalue weighted by Crippen LogP contribution is -2.29. The van der Waals surface area contributed by atoms with Gasteiger partial charge >= 0.3 is 0 Å². The maximum Gasteiger partial charge on any atom is -0.00187 e. The van der Waals surface area contributed by atoms with Gasteiger partial charge in [-0.15, -0.1) is 0 Å². The molecular formula is C33H72N4. The summed E-state index contributed by atoms with van der Waals surface area (Å²) in [5, 5.41) is 0. The normalized spacial score (nSPS) is 12.2. The third kappa shape index (κ3) is 23.4. The second-order valence-corrected chi connectivity index (χ2v) is 11.5. The summed E-state index contributed by atoms with van der Waals surface area (Å²) < 4.78 is 0. The minimum atomic E-state index is 1.28. The first-order valence-corrected chi connectivity index (χ1v) is 17.0. The molecule has 224 valence electrons. The van der Waals surface area contributed by atoms with Crippen molar-refractivity contribution in [3.05, 3.63) is 0 Å². The van der Waals surface area contributed by atoms with Crippen molar-refractivity contribution in [3.63, 3.8) is 0 Å². The predicted molar refractivity (Wildman–Crippen MR) is 169 cm³/mol. The molecule has 0 spiro atoms. The van der Waals surface area contributed by atoms with Gasteiger partial charge in [0.05, 0.1) is 0 Å². The molecule has 0 heterocycles. The summed E-state index contributed by atoms with van der Waals surface area (Å²) in [7, 11) is 0. The summed E-state index contributed by atoms with van der Waals surface area (Å²) >= 11 is 0. The van der Waals surface area contributed by atoms with Crippen LogP contribution in [0.3, 0.4) is 0 Å². The Morgan fingerprint density at radius 3 is 0.541 bits per heavy atom. The standard InChI is InChI=1S/C33H72N4/c1-7-22-34(23-8-2)28-16-13-19-31-37(32-20-14-17-29-35(24-9-3)25-10-4)33-21-15-18-30-36(26-11-5)27-12-6/h7-33H2,1-6H3. The zero-order chi connectivity index (χ0) is 27.4. The van der Waals surface area contributed by atoms with E-state index in [0.29, 0.717) is 0 Å². The Hall–Kier alpha value is -0.160. The van der Waals surface area contributed by atoms with Crippen LogP contribution in [0.1, 0.15) is 138 Å². The Bertz CT molecular complexity index is 351. The molecule has 37 heavy (non-hydrogen) atoms. The van der Waals surface area contributed by atoms with E-state index in [2.05, 4.69) is 61.1 Å². The minimum absolute atomic E-state index is 1.28. The Balaban J connectivity index is 4.37. The second-order valence-electron chi connectivity index (χ2n) is 11.5. The van der Waals surface area contributed by atoms with Crippen LogP contribution in [0.15, 0.2) is 0 Å². The van der Waals surface area contributed by atoms with Gasteiger partial charge in [0, 0.05) is 0 Å². The van der Waals surface area contributed by atoms with E-state index in [1.165, 1.54) is 175 Å². The van der Waals surface area contributed by atoms with Crippen LogP contribution in [0.4, 0.5) is 0 Å². The van der Waals surface area contributed by atoms with Crippen LogP contribution in [-0.2, 0) is 0 Å². The largest absolute Gasteiger partial charge is 0.303 e. The van der Waals surface area contributed by atoms with E-state index in [9.17, 15) is 0 Å². The molecule has 0 aromatic heterocycles. The van der Waals surface area contributed by atoms with E-state index in [0.717, 1.165) is 0 Å². The summed E-state index contributed by atoms with van der Waals surface area (Å²) in [6, 6.07) is 0. The maximum atomic E-state index is 2.82. The van der Waals surface area contributed by atoms with Gasteiger partial charge in [0.25, 0.3) is 0 Å². The van der Waals surface area contributed by atoms with Crippen molar-refractivity contribution in [1.82, 2.24) is 19.6 Å². The third-order valence-corrected chi connectivity index (χ3v) is 7.59. The van der Waals surface area contributed by atoms with Crippen molar-refractivity contribution in [2.75, 3.05) is 78.5 Å². The quantitative estimate of drug-likeness (QED) is 0.0878. The first-order valence-electron chi connectivity index (χ1n) is 17.0. The highest BCUT2D eigenvalue weighted by Crippen LogP contribution is 2.09. The van der Waals surface area contributed by atoms with Crippen molar-refractivity contribution in [2.24, 2.45) is 0 Å². The summed E-state index contributed by atoms with van der Waals surface area (Å²) in [5.41, 5.74) is 0. The molecule has 0 saturated carbocycles. The van der Waals surface area contributed by atoms with Crippen molar-refractivity contribution in [1.29, 1.82) is 0 Å². The lowest BCUT2D eigenvalue weighted by Gasteiger charge is -2.25. The van der Waals surface area contributed by atoms with Crippen LogP contribution < -0.4 is 0 Å². The van der Waals surface area contributed by atoms with Crippen molar-refractivity contribution >= 4 is 0 Å². The SMILES string of the molecule is CCCN(CCC)CCCCCN(CCCCCN(CCC)CCC)CCCCCN(CCC)CCC. The fourth-order valence-electron chi connectivity index (χ4n) is 5.78. The molecule has 0 aliphatic rings. The van der Waals surface area contributed by atoms with Gasteiger partial charge in [-0.1, -0.05) is 60.8 Å². The molecule has 4 nitrogen and oxygen atoms in total. The Kier molecular flexibility index (Phi) is 28.7. The van der Waals surface area contributed by atoms with Gasteiger partial charge in [-0.05, 0) is 156 Å². The molecule has 0 atom stereocenters. The van der Waals surface area contributed by atoms with Gasteiger partial charge in [-0.3, -0.25) is 0 Å². The van der Waals surface area contributed by atoms with Gasteiger partial charge in [-0.2, -0.15) is 0 Å². The van der Waals surface area contributed by atoms with Crippen LogP contribution in [0, 0.1) is 0 Å². The molecule has 0 aliphatic carbocycles. The highest BCUT2D eigenvalue weighted by molar-refractivity contribution is 4.64. The topological polar surface area (TPSA) is 13.0 Å². The smallest absolute Gasteiger partial charge is 0.00187 e. The molecule has 0 N–H and O–H groups in total. The molecule has 0 bridgehead atoms. The average Bonchev–Trinajstić information content (AvgIpc) is 2.88. The minimum Gasteiger partial charge on any atom is -0.303 e. The number of hydrogen-bond acceptors (Lipinski definition) is 4. The highest BCUT2D eigenvalue weighted by atomic mass is 15.1. The number of unbranched alkanes of at least 4 members (excludes halogenated alkanes) is 6. The van der Waals surface area contributed by atoms with Crippen LogP contribution >= 0.6 is 0 Å². The number of nitrogens with zero attached hydrogens (tertiary/aromatic N) is 4. The van der Waals surface area contributed by atoms with E-state index in [1.807, 2.05) is 0 Å². The Morgan fingerprint density at radius 2 is 0.378 bits per heavy atom. The summed E-state index contributed by atoms with van der Waals surface area (Å²) in [6.45, 7) is 29.4. The first kappa shape index (κ1) is 36.8. The zero-order valence-electron chi connectivity index (χ0n) is 26.9. The van der Waals surface area contributed by atoms with Crippen molar-refractivity contribution in [2.45, 2.75) is 138 Å². The average molecular weight is 525 g/mol. The second kappa shape index (κ2) is 28.8. The van der Waals surface area contributed by atoms with E-state index in [4.69, 9.17) is 0 Å². The van der Waals surface area contributed by atoms with Crippen LogP contribution in [0.5, 0.6) is 0 Å². The molecule has 0 aromatic rings. The molecule has 0 aliphatic heterocycles. The van der Waals surface area contributed by atoms with E-state index >= 15 is 0 Å². The van der Waals surface area contributed by atoms with Gasteiger partial charge in [0.1, 0.15) is 0 Å². The monoisotopic (exact) mass is 525 g/mol. The highest BCUT2D eigenvalue weighted by Gasteiger charge is 2.08. The lowest BCUT2D eigenvalue weighted by atomic mass is 10.1. The van der Waals surface area contributed by atoms with Crippen molar-refractivity contribution in [3.8, 4) is 0 Å². The molecule has 0 saturated heterocycles. The molecule has 0 radical (unpaired) electrons. The summed E-state index contributed by atoms with van der Waals surface area (Å²) in [4.78, 5) is 10.9. The molecule has 0 rings (SSSR count). The molecular weight excluding hydrogens is 452 g/mol. The van der Waals surface area contributed by atoms with Crippen LogP contribution in [-0.4, -0.2) is 98.1 Å². The summed E-state index contributed by atoms with van der Waals surface area (Å²) in [6.07, 6.45) is 20.2. The fourth-order valence-corrected chi connectivity index (χ4v) is 5.78. The van der Waals surface area contributed by atoms with Gasteiger partial charge in [0.15, 0.2) is 0 Å². The zero-order valence-corrected chi connectivity index (χ0v) is 26.9. The van der Waals surface area contributed by atoms with E-state index in [1.54, 1.807) is 0 Å². The van der Waals surface area contributed by atoms with Gasteiger partial charge < -0.3 is 19.6 Å².